The summed E-state index contributed by atoms with van der Waals surface area (Å²) in [4.78, 5) is 0. The lowest BCUT2D eigenvalue weighted by Crippen LogP contribution is -2.13. The predicted octanol–water partition coefficient (Wildman–Crippen LogP) is 2.18. The molecule has 0 radical (unpaired) electrons. The van der Waals surface area contributed by atoms with E-state index >= 15 is 0 Å². The van der Waals surface area contributed by atoms with Crippen LogP contribution in [0.25, 0.3) is 0 Å². The normalized spacial score (nSPS) is 19.2. The summed E-state index contributed by atoms with van der Waals surface area (Å²) < 4.78 is 0. The van der Waals surface area contributed by atoms with Crippen LogP contribution < -0.4 is 5.32 Å². The Morgan fingerprint density at radius 1 is 1.56 bits per heavy atom. The smallest absolute Gasteiger partial charge is 0.0604 e. The molecule has 0 unspecified atom stereocenters. The summed E-state index contributed by atoms with van der Waals surface area (Å²) in [6, 6.07) is 0. The van der Waals surface area contributed by atoms with E-state index < -0.39 is 0 Å². The number of halogens is 2. The van der Waals surface area contributed by atoms with Crippen LogP contribution in [0.2, 0.25) is 0 Å². The molecule has 3 heteroatoms. The van der Waals surface area contributed by atoms with E-state index in [4.69, 9.17) is 23.2 Å². The van der Waals surface area contributed by atoms with Gasteiger partial charge in [-0.25, -0.2) is 0 Å². The molecule has 1 aliphatic rings. The van der Waals surface area contributed by atoms with Crippen molar-refractivity contribution in [1.29, 1.82) is 0 Å². The second kappa shape index (κ2) is 2.63. The minimum atomic E-state index is 0.698. The van der Waals surface area contributed by atoms with E-state index in [-0.39, 0.29) is 0 Å². The molecule has 1 nitrogen and oxygen atoms in total. The molecule has 0 aromatic heterocycles. The van der Waals surface area contributed by atoms with Gasteiger partial charge < -0.3 is 5.32 Å². The van der Waals surface area contributed by atoms with Gasteiger partial charge in [-0.05, 0) is 12.5 Å². The standard InChI is InChI=1S/C6H7Cl2N/c1-4-5(7)2-9-3-6(4)8/h2,9H,3H2,1H3. The first-order valence-electron chi connectivity index (χ1n) is 2.66. The highest BCUT2D eigenvalue weighted by molar-refractivity contribution is 6.36. The first-order chi connectivity index (χ1) is 4.22. The zero-order valence-electron chi connectivity index (χ0n) is 5.04. The molecule has 50 valence electrons. The van der Waals surface area contributed by atoms with Crippen LogP contribution in [0.1, 0.15) is 6.92 Å². The van der Waals surface area contributed by atoms with Gasteiger partial charge in [0.1, 0.15) is 0 Å². The van der Waals surface area contributed by atoms with Crippen molar-refractivity contribution in [2.24, 2.45) is 0 Å². The molecule has 0 atom stereocenters. The van der Waals surface area contributed by atoms with Gasteiger partial charge in [-0.1, -0.05) is 23.2 Å². The van der Waals surface area contributed by atoms with Crippen LogP contribution in [0.5, 0.6) is 0 Å². The summed E-state index contributed by atoms with van der Waals surface area (Å²) in [5, 5.41) is 4.43. The molecule has 0 fully saturated rings. The molecule has 0 saturated carbocycles. The summed E-state index contributed by atoms with van der Waals surface area (Å²) in [5.41, 5.74) is 0.970. The zero-order valence-corrected chi connectivity index (χ0v) is 6.55. The van der Waals surface area contributed by atoms with Gasteiger partial charge in [-0.3, -0.25) is 0 Å². The molecule has 0 bridgehead atoms. The summed E-state index contributed by atoms with van der Waals surface area (Å²) in [5.74, 6) is 0. The fourth-order valence-corrected chi connectivity index (χ4v) is 1.02. The maximum absolute atomic E-state index is 5.75. The van der Waals surface area contributed by atoms with Crippen molar-refractivity contribution in [1.82, 2.24) is 5.32 Å². The highest BCUT2D eigenvalue weighted by Crippen LogP contribution is 2.22. The van der Waals surface area contributed by atoms with Crippen LogP contribution in [-0.2, 0) is 0 Å². The van der Waals surface area contributed by atoms with Crippen molar-refractivity contribution >= 4 is 23.2 Å². The van der Waals surface area contributed by atoms with Gasteiger partial charge in [0.2, 0.25) is 0 Å². The Balaban J connectivity index is 2.88. The van der Waals surface area contributed by atoms with E-state index in [9.17, 15) is 0 Å². The van der Waals surface area contributed by atoms with Gasteiger partial charge in [-0.15, -0.1) is 0 Å². The fourth-order valence-electron chi connectivity index (χ4n) is 0.601. The summed E-state index contributed by atoms with van der Waals surface area (Å²) in [6.45, 7) is 2.60. The average molecular weight is 164 g/mol. The Hall–Kier alpha value is -0.140. The number of hydrogen-bond donors (Lipinski definition) is 1. The Kier molecular flexibility index (Phi) is 2.04. The molecule has 0 aromatic carbocycles. The van der Waals surface area contributed by atoms with Crippen LogP contribution in [0.15, 0.2) is 21.8 Å². The van der Waals surface area contributed by atoms with Crippen molar-refractivity contribution in [3.63, 3.8) is 0 Å². The number of rotatable bonds is 0. The molecule has 0 spiro atoms. The average Bonchev–Trinajstić information content (AvgIpc) is 1.83. The second-order valence-electron chi connectivity index (χ2n) is 1.90. The minimum Gasteiger partial charge on any atom is -0.385 e. The van der Waals surface area contributed by atoms with Crippen LogP contribution in [0.4, 0.5) is 0 Å². The van der Waals surface area contributed by atoms with Crippen LogP contribution in [0, 0.1) is 0 Å². The molecular formula is C6H7Cl2N. The summed E-state index contributed by atoms with van der Waals surface area (Å²) in [7, 11) is 0. The van der Waals surface area contributed by atoms with E-state index in [1.54, 1.807) is 6.20 Å². The number of nitrogens with one attached hydrogen (secondary N) is 1. The van der Waals surface area contributed by atoms with Gasteiger partial charge >= 0.3 is 0 Å². The third-order valence-corrected chi connectivity index (χ3v) is 2.06. The van der Waals surface area contributed by atoms with Crippen molar-refractivity contribution in [3.05, 3.63) is 21.8 Å². The molecule has 0 amide bonds. The lowest BCUT2D eigenvalue weighted by atomic mass is 10.2. The quantitative estimate of drug-likeness (QED) is 0.578. The van der Waals surface area contributed by atoms with E-state index in [0.717, 1.165) is 10.6 Å². The van der Waals surface area contributed by atoms with Gasteiger partial charge in [0.15, 0.2) is 0 Å². The number of dihydropyridines is 1. The predicted molar refractivity (Wildman–Crippen MR) is 40.5 cm³/mol. The van der Waals surface area contributed by atoms with E-state index in [2.05, 4.69) is 5.32 Å². The Bertz CT molecular complexity index is 181. The SMILES string of the molecule is CC1=C(Cl)CNC=C1Cl. The van der Waals surface area contributed by atoms with E-state index in [1.807, 2.05) is 6.92 Å². The Morgan fingerprint density at radius 2 is 2.22 bits per heavy atom. The van der Waals surface area contributed by atoms with Gasteiger partial charge in [0.05, 0.1) is 11.6 Å². The molecule has 1 N–H and O–H groups in total. The second-order valence-corrected chi connectivity index (χ2v) is 2.77. The van der Waals surface area contributed by atoms with E-state index in [1.165, 1.54) is 0 Å². The van der Waals surface area contributed by atoms with Crippen molar-refractivity contribution in [3.8, 4) is 0 Å². The minimum absolute atomic E-state index is 0.698. The third kappa shape index (κ3) is 1.41. The third-order valence-electron chi connectivity index (χ3n) is 1.25. The lowest BCUT2D eigenvalue weighted by Gasteiger charge is -2.10. The maximum atomic E-state index is 5.75. The molecule has 9 heavy (non-hydrogen) atoms. The molecule has 0 aromatic rings. The molecule has 0 aliphatic carbocycles. The van der Waals surface area contributed by atoms with Gasteiger partial charge in [0.25, 0.3) is 0 Å². The zero-order chi connectivity index (χ0) is 6.85. The first-order valence-corrected chi connectivity index (χ1v) is 3.42. The number of allylic oxidation sites excluding steroid dienone is 2. The lowest BCUT2D eigenvalue weighted by molar-refractivity contribution is 0.938. The van der Waals surface area contributed by atoms with Crippen LogP contribution in [-0.4, -0.2) is 6.54 Å². The van der Waals surface area contributed by atoms with Crippen molar-refractivity contribution in [2.45, 2.75) is 6.92 Å². The Labute approximate surface area is 64.3 Å². The highest BCUT2D eigenvalue weighted by atomic mass is 35.5. The Morgan fingerprint density at radius 3 is 2.67 bits per heavy atom. The largest absolute Gasteiger partial charge is 0.385 e. The topological polar surface area (TPSA) is 12.0 Å². The monoisotopic (exact) mass is 163 g/mol. The van der Waals surface area contributed by atoms with Crippen LogP contribution >= 0.6 is 23.2 Å². The number of hydrogen-bond acceptors (Lipinski definition) is 1. The molecule has 1 heterocycles. The van der Waals surface area contributed by atoms with Gasteiger partial charge in [-0.2, -0.15) is 0 Å². The van der Waals surface area contributed by atoms with Crippen molar-refractivity contribution < 1.29 is 0 Å². The van der Waals surface area contributed by atoms with Crippen LogP contribution in [0.3, 0.4) is 0 Å². The molecule has 0 saturated heterocycles. The summed E-state index contributed by atoms with van der Waals surface area (Å²) in [6.07, 6.45) is 1.75. The first kappa shape index (κ1) is 6.97. The fraction of sp³-hybridized carbons (Fsp3) is 0.333. The van der Waals surface area contributed by atoms with E-state index in [0.29, 0.717) is 11.6 Å². The molecular weight excluding hydrogens is 157 g/mol. The molecule has 1 aliphatic heterocycles. The van der Waals surface area contributed by atoms with Crippen molar-refractivity contribution in [2.75, 3.05) is 6.54 Å². The molecule has 1 rings (SSSR count). The maximum Gasteiger partial charge on any atom is 0.0604 e. The summed E-state index contributed by atoms with van der Waals surface area (Å²) >= 11 is 11.5. The highest BCUT2D eigenvalue weighted by Gasteiger charge is 2.06. The van der Waals surface area contributed by atoms with Gasteiger partial charge in [0, 0.05) is 11.2 Å².